The minimum Gasteiger partial charge on any atom is -0.471 e. The molecule has 2 heterocycles. The third-order valence-corrected chi connectivity index (χ3v) is 3.55. The van der Waals surface area contributed by atoms with Crippen molar-refractivity contribution in [2.75, 3.05) is 7.05 Å². The second kappa shape index (κ2) is 7.16. The Morgan fingerprint density at radius 1 is 1.16 bits per heavy atom. The molecule has 0 aliphatic rings. The van der Waals surface area contributed by atoms with E-state index in [0.717, 1.165) is 5.69 Å². The Labute approximate surface area is 144 Å². The highest BCUT2D eigenvalue weighted by Crippen LogP contribution is 2.12. The fraction of sp³-hybridized carbons (Fsp3) is 0.235. The molecule has 2 aromatic heterocycles. The Kier molecular flexibility index (Phi) is 4.78. The lowest BCUT2D eigenvalue weighted by molar-refractivity contribution is 0.0775. The molecule has 7 nitrogen and oxygen atoms in total. The molecule has 1 amide bonds. The summed E-state index contributed by atoms with van der Waals surface area (Å²) in [5.41, 5.74) is 1.12. The van der Waals surface area contributed by atoms with Crippen molar-refractivity contribution in [2.45, 2.75) is 13.3 Å². The lowest BCUT2D eigenvalue weighted by atomic mass is 10.3. The number of nitrogens with zero attached hydrogens (tertiary/aromatic N) is 5. The highest BCUT2D eigenvalue weighted by molar-refractivity contribution is 5.91. The molecule has 1 aromatic carbocycles. The first-order chi connectivity index (χ1) is 12.0. The zero-order valence-electron chi connectivity index (χ0n) is 14.0. The second-order valence-corrected chi connectivity index (χ2v) is 5.61. The summed E-state index contributed by atoms with van der Waals surface area (Å²) in [5.74, 6) is -0.00139. The van der Waals surface area contributed by atoms with Crippen molar-refractivity contribution in [3.8, 4) is 5.75 Å². The maximum Gasteiger partial charge on any atom is 0.274 e. The lowest BCUT2D eigenvalue weighted by Crippen LogP contribution is -2.27. The summed E-state index contributed by atoms with van der Waals surface area (Å²) in [4.78, 5) is 14.0. The van der Waals surface area contributed by atoms with Crippen molar-refractivity contribution in [3.05, 3.63) is 66.0 Å². The van der Waals surface area contributed by atoms with Crippen LogP contribution in [0.1, 0.15) is 16.2 Å². The van der Waals surface area contributed by atoms with Crippen LogP contribution in [0.15, 0.2) is 48.8 Å². The van der Waals surface area contributed by atoms with E-state index in [2.05, 4.69) is 10.2 Å². The minimum atomic E-state index is -0.324. The molecule has 0 aliphatic carbocycles. The normalized spacial score (nSPS) is 10.7. The van der Waals surface area contributed by atoms with Gasteiger partial charge in [-0.2, -0.15) is 10.2 Å². The first kappa shape index (κ1) is 16.7. The number of halogens is 1. The van der Waals surface area contributed by atoms with Gasteiger partial charge < -0.3 is 9.64 Å². The van der Waals surface area contributed by atoms with Gasteiger partial charge in [-0.25, -0.2) is 9.07 Å². The molecule has 3 aromatic rings. The van der Waals surface area contributed by atoms with Crippen molar-refractivity contribution in [1.29, 1.82) is 0 Å². The van der Waals surface area contributed by atoms with Crippen LogP contribution < -0.4 is 4.74 Å². The molecule has 0 N–H and O–H groups in total. The van der Waals surface area contributed by atoms with E-state index in [4.69, 9.17) is 4.74 Å². The topological polar surface area (TPSA) is 65.2 Å². The number of carbonyl (C=O) groups is 1. The number of aryl methyl sites for hydroxylation is 1. The molecule has 8 heteroatoms. The van der Waals surface area contributed by atoms with E-state index in [9.17, 15) is 9.18 Å². The smallest absolute Gasteiger partial charge is 0.274 e. The Hall–Kier alpha value is -3.16. The predicted molar refractivity (Wildman–Crippen MR) is 88.3 cm³/mol. The average Bonchev–Trinajstić information content (AvgIpc) is 3.23. The molecule has 0 atom stereocenters. The van der Waals surface area contributed by atoms with E-state index in [-0.39, 0.29) is 18.5 Å². The van der Waals surface area contributed by atoms with Gasteiger partial charge in [0.2, 0.25) is 0 Å². The summed E-state index contributed by atoms with van der Waals surface area (Å²) in [6.45, 7) is 0.529. The maximum atomic E-state index is 12.9. The molecule has 0 saturated heterocycles. The van der Waals surface area contributed by atoms with Gasteiger partial charge in [-0.3, -0.25) is 9.48 Å². The van der Waals surface area contributed by atoms with Gasteiger partial charge in [-0.15, -0.1) is 0 Å². The molecule has 130 valence electrons. The molecule has 0 aliphatic heterocycles. The van der Waals surface area contributed by atoms with Gasteiger partial charge in [-0.05, 0) is 36.4 Å². The van der Waals surface area contributed by atoms with Gasteiger partial charge >= 0.3 is 0 Å². The molecule has 0 fully saturated rings. The maximum absolute atomic E-state index is 12.9. The Bertz CT molecular complexity index is 856. The molecule has 0 spiro atoms. The van der Waals surface area contributed by atoms with Crippen LogP contribution >= 0.6 is 0 Å². The molecular weight excluding hydrogens is 325 g/mol. The highest BCUT2D eigenvalue weighted by atomic mass is 19.1. The highest BCUT2D eigenvalue weighted by Gasteiger charge is 2.16. The van der Waals surface area contributed by atoms with Crippen LogP contribution in [-0.2, 0) is 20.3 Å². The Morgan fingerprint density at radius 3 is 2.60 bits per heavy atom. The fourth-order valence-corrected chi connectivity index (χ4v) is 2.28. The second-order valence-electron chi connectivity index (χ2n) is 5.61. The summed E-state index contributed by atoms with van der Waals surface area (Å²) in [5, 5.41) is 8.46. The SMILES string of the molecule is CN(Cc1ccn(C)n1)C(=O)c1ccn(COc2ccc(F)cc2)n1. The number of ether oxygens (including phenoxy) is 1. The van der Waals surface area contributed by atoms with E-state index in [1.165, 1.54) is 28.9 Å². The monoisotopic (exact) mass is 343 g/mol. The van der Waals surface area contributed by atoms with Crippen molar-refractivity contribution in [1.82, 2.24) is 24.5 Å². The van der Waals surface area contributed by atoms with Gasteiger partial charge in [0.15, 0.2) is 12.4 Å². The van der Waals surface area contributed by atoms with E-state index >= 15 is 0 Å². The third kappa shape index (κ3) is 4.23. The van der Waals surface area contributed by atoms with E-state index in [1.54, 1.807) is 28.9 Å². The number of aromatic nitrogens is 4. The van der Waals surface area contributed by atoms with E-state index in [0.29, 0.717) is 18.0 Å². The molecule has 25 heavy (non-hydrogen) atoms. The number of rotatable bonds is 6. The molecule has 0 bridgehead atoms. The van der Waals surface area contributed by atoms with Crippen molar-refractivity contribution < 1.29 is 13.9 Å². The van der Waals surface area contributed by atoms with Crippen LogP contribution in [0.4, 0.5) is 4.39 Å². The summed E-state index contributed by atoms with van der Waals surface area (Å²) in [6.07, 6.45) is 3.49. The lowest BCUT2D eigenvalue weighted by Gasteiger charge is -2.14. The van der Waals surface area contributed by atoms with Gasteiger partial charge in [0.05, 0.1) is 12.2 Å². The molecular formula is C17H18FN5O2. The molecule has 0 unspecified atom stereocenters. The van der Waals surface area contributed by atoms with Crippen molar-refractivity contribution in [2.24, 2.45) is 7.05 Å². The predicted octanol–water partition coefficient (Wildman–Crippen LogP) is 2.06. The minimum absolute atomic E-state index is 0.128. The van der Waals surface area contributed by atoms with Crippen LogP contribution in [0, 0.1) is 5.82 Å². The first-order valence-corrected chi connectivity index (χ1v) is 7.67. The zero-order chi connectivity index (χ0) is 17.8. The number of carbonyl (C=O) groups excluding carboxylic acids is 1. The molecule has 0 radical (unpaired) electrons. The van der Waals surface area contributed by atoms with Gasteiger partial charge in [0, 0.05) is 26.5 Å². The summed E-state index contributed by atoms with van der Waals surface area (Å²) in [6, 6.07) is 9.20. The summed E-state index contributed by atoms with van der Waals surface area (Å²) in [7, 11) is 3.53. The molecule has 0 saturated carbocycles. The van der Waals surface area contributed by atoms with Crippen LogP contribution in [-0.4, -0.2) is 37.4 Å². The van der Waals surface area contributed by atoms with E-state index in [1.807, 2.05) is 19.3 Å². The Balaban J connectivity index is 1.58. The average molecular weight is 343 g/mol. The molecule has 3 rings (SSSR count). The quantitative estimate of drug-likeness (QED) is 0.687. The van der Waals surface area contributed by atoms with Gasteiger partial charge in [-0.1, -0.05) is 0 Å². The zero-order valence-corrected chi connectivity index (χ0v) is 14.0. The first-order valence-electron chi connectivity index (χ1n) is 7.67. The van der Waals surface area contributed by atoms with Crippen LogP contribution in [0.25, 0.3) is 0 Å². The van der Waals surface area contributed by atoms with Crippen molar-refractivity contribution >= 4 is 5.91 Å². The number of benzene rings is 1. The summed E-state index contributed by atoms with van der Waals surface area (Å²) < 4.78 is 21.5. The van der Waals surface area contributed by atoms with Crippen molar-refractivity contribution in [3.63, 3.8) is 0 Å². The standard InChI is InChI=1S/C17H18FN5O2/c1-21(11-14-7-9-22(2)19-14)17(24)16-8-10-23(20-16)12-25-15-5-3-13(18)4-6-15/h3-10H,11-12H2,1-2H3. The van der Waals surface area contributed by atoms with Crippen LogP contribution in [0.5, 0.6) is 5.75 Å². The van der Waals surface area contributed by atoms with Gasteiger partial charge in [0.25, 0.3) is 5.91 Å². The summed E-state index contributed by atoms with van der Waals surface area (Å²) >= 11 is 0. The number of hydrogen-bond donors (Lipinski definition) is 0. The van der Waals surface area contributed by atoms with Crippen LogP contribution in [0.3, 0.4) is 0 Å². The van der Waals surface area contributed by atoms with E-state index < -0.39 is 0 Å². The number of hydrogen-bond acceptors (Lipinski definition) is 4. The number of amides is 1. The third-order valence-electron chi connectivity index (χ3n) is 3.55. The van der Waals surface area contributed by atoms with Gasteiger partial charge in [0.1, 0.15) is 11.6 Å². The fourth-order valence-electron chi connectivity index (χ4n) is 2.28. The van der Waals surface area contributed by atoms with Crippen LogP contribution in [0.2, 0.25) is 0 Å². The largest absolute Gasteiger partial charge is 0.471 e. The Morgan fingerprint density at radius 2 is 1.92 bits per heavy atom.